The van der Waals surface area contributed by atoms with Crippen LogP contribution in [0.15, 0.2) is 30.3 Å². The number of halogens is 2. The summed E-state index contributed by atoms with van der Waals surface area (Å²) in [5, 5.41) is 0.706. The van der Waals surface area contributed by atoms with E-state index in [0.717, 1.165) is 48.6 Å². The third kappa shape index (κ3) is 3.61. The molecular weight excluding hydrogens is 345 g/mol. The van der Waals surface area contributed by atoms with Crippen molar-refractivity contribution >= 4 is 29.9 Å². The zero-order valence-electron chi connectivity index (χ0n) is 14.0. The predicted octanol–water partition coefficient (Wildman–Crippen LogP) is 3.73. The molecule has 1 aliphatic rings. The maximum Gasteiger partial charge on any atom is 0.255 e. The highest BCUT2D eigenvalue weighted by atomic mass is 35.5. The van der Waals surface area contributed by atoms with Crippen molar-refractivity contribution in [2.24, 2.45) is 5.73 Å². The Balaban J connectivity index is 0.00000208. The number of nitrogens with two attached hydrogens (primary N) is 1. The van der Waals surface area contributed by atoms with Gasteiger partial charge in [0.25, 0.3) is 5.91 Å². The van der Waals surface area contributed by atoms with Gasteiger partial charge in [0.15, 0.2) is 0 Å². The minimum Gasteiger partial charge on any atom is -0.338 e. The predicted molar refractivity (Wildman–Crippen MR) is 101 cm³/mol. The van der Waals surface area contributed by atoms with E-state index in [1.54, 1.807) is 0 Å². The number of nitrogens with zero attached hydrogens (tertiary/aromatic N) is 2. The van der Waals surface area contributed by atoms with Gasteiger partial charge in [0.1, 0.15) is 0 Å². The number of aryl methyl sites for hydroxylation is 1. The van der Waals surface area contributed by atoms with Crippen LogP contribution in [0.2, 0.25) is 5.02 Å². The van der Waals surface area contributed by atoms with Crippen molar-refractivity contribution in [3.63, 3.8) is 0 Å². The molecular formula is C18H23Cl2N3O. The second kappa shape index (κ2) is 7.60. The van der Waals surface area contributed by atoms with Crippen molar-refractivity contribution in [3.8, 4) is 5.69 Å². The molecule has 0 spiro atoms. The summed E-state index contributed by atoms with van der Waals surface area (Å²) in [6, 6.07) is 9.86. The lowest BCUT2D eigenvalue weighted by Gasteiger charge is -2.30. The summed E-state index contributed by atoms with van der Waals surface area (Å²) in [4.78, 5) is 14.7. The Hall–Kier alpha value is -1.49. The molecule has 4 nitrogen and oxygen atoms in total. The van der Waals surface area contributed by atoms with Crippen LogP contribution in [-0.2, 0) is 0 Å². The van der Waals surface area contributed by atoms with Crippen LogP contribution in [0.4, 0.5) is 0 Å². The third-order valence-electron chi connectivity index (χ3n) is 4.57. The minimum atomic E-state index is 0. The molecule has 1 aliphatic heterocycles. The van der Waals surface area contributed by atoms with Crippen LogP contribution in [-0.4, -0.2) is 34.5 Å². The standard InChI is InChI=1S/C18H22ClN3O.ClH/c1-12-11-17(18(23)21-9-7-15(20)8-10-21)13(2)22(12)16-5-3-14(19)4-6-16;/h3-6,11,15H,7-10,20H2,1-2H3;1H. The summed E-state index contributed by atoms with van der Waals surface area (Å²) in [7, 11) is 0. The molecule has 2 N–H and O–H groups in total. The maximum absolute atomic E-state index is 12.8. The Bertz CT molecular complexity index is 717. The molecule has 1 amide bonds. The highest BCUT2D eigenvalue weighted by Crippen LogP contribution is 2.24. The summed E-state index contributed by atoms with van der Waals surface area (Å²) in [5.74, 6) is 0.102. The van der Waals surface area contributed by atoms with Gasteiger partial charge in [0, 0.05) is 41.2 Å². The fourth-order valence-corrected chi connectivity index (χ4v) is 3.37. The zero-order valence-corrected chi connectivity index (χ0v) is 15.5. The van der Waals surface area contributed by atoms with E-state index in [2.05, 4.69) is 4.57 Å². The first kappa shape index (κ1) is 18.8. The molecule has 1 aromatic heterocycles. The lowest BCUT2D eigenvalue weighted by atomic mass is 10.1. The number of piperidine rings is 1. The number of hydrogen-bond donors (Lipinski definition) is 1. The molecule has 130 valence electrons. The van der Waals surface area contributed by atoms with Crippen molar-refractivity contribution in [1.29, 1.82) is 0 Å². The van der Waals surface area contributed by atoms with Gasteiger partial charge in [0.05, 0.1) is 5.56 Å². The van der Waals surface area contributed by atoms with Gasteiger partial charge >= 0.3 is 0 Å². The van der Waals surface area contributed by atoms with Crippen LogP contribution in [0, 0.1) is 13.8 Å². The van der Waals surface area contributed by atoms with E-state index in [9.17, 15) is 4.79 Å². The van der Waals surface area contributed by atoms with Gasteiger partial charge < -0.3 is 15.2 Å². The summed E-state index contributed by atoms with van der Waals surface area (Å²) in [6.07, 6.45) is 1.75. The highest BCUT2D eigenvalue weighted by Gasteiger charge is 2.25. The third-order valence-corrected chi connectivity index (χ3v) is 4.83. The van der Waals surface area contributed by atoms with E-state index < -0.39 is 0 Å². The van der Waals surface area contributed by atoms with E-state index in [1.807, 2.05) is 49.1 Å². The molecule has 24 heavy (non-hydrogen) atoms. The number of benzene rings is 1. The molecule has 0 saturated carbocycles. The smallest absolute Gasteiger partial charge is 0.255 e. The Morgan fingerprint density at radius 2 is 1.75 bits per heavy atom. The summed E-state index contributed by atoms with van der Waals surface area (Å²) in [6.45, 7) is 5.49. The first-order valence-corrected chi connectivity index (χ1v) is 8.35. The van der Waals surface area contributed by atoms with E-state index in [-0.39, 0.29) is 24.4 Å². The molecule has 2 heterocycles. The molecule has 3 rings (SSSR count). The van der Waals surface area contributed by atoms with Gasteiger partial charge in [-0.1, -0.05) is 11.6 Å². The first-order valence-electron chi connectivity index (χ1n) is 7.97. The summed E-state index contributed by atoms with van der Waals surface area (Å²) < 4.78 is 2.10. The van der Waals surface area contributed by atoms with E-state index in [1.165, 1.54) is 0 Å². The summed E-state index contributed by atoms with van der Waals surface area (Å²) in [5.41, 5.74) is 9.72. The molecule has 1 fully saturated rings. The second-order valence-electron chi connectivity index (χ2n) is 6.23. The molecule has 0 atom stereocenters. The van der Waals surface area contributed by atoms with Crippen LogP contribution >= 0.6 is 24.0 Å². The topological polar surface area (TPSA) is 51.3 Å². The minimum absolute atomic E-state index is 0. The summed E-state index contributed by atoms with van der Waals surface area (Å²) >= 11 is 5.97. The van der Waals surface area contributed by atoms with Crippen LogP contribution in [0.1, 0.15) is 34.6 Å². The van der Waals surface area contributed by atoms with Gasteiger partial charge in [0.2, 0.25) is 0 Å². The second-order valence-corrected chi connectivity index (χ2v) is 6.66. The van der Waals surface area contributed by atoms with Crippen molar-refractivity contribution in [2.75, 3.05) is 13.1 Å². The van der Waals surface area contributed by atoms with Crippen LogP contribution in [0.3, 0.4) is 0 Å². The largest absolute Gasteiger partial charge is 0.338 e. The zero-order chi connectivity index (χ0) is 16.6. The normalized spacial score (nSPS) is 15.2. The van der Waals surface area contributed by atoms with E-state index >= 15 is 0 Å². The maximum atomic E-state index is 12.8. The SMILES string of the molecule is Cc1cc(C(=O)N2CCC(N)CC2)c(C)n1-c1ccc(Cl)cc1.Cl. The Morgan fingerprint density at radius 1 is 1.17 bits per heavy atom. The van der Waals surface area contributed by atoms with Gasteiger partial charge in [-0.3, -0.25) is 4.79 Å². The lowest BCUT2D eigenvalue weighted by molar-refractivity contribution is 0.0714. The number of aromatic nitrogens is 1. The Labute approximate surface area is 154 Å². The van der Waals surface area contributed by atoms with E-state index in [4.69, 9.17) is 17.3 Å². The average molecular weight is 368 g/mol. The quantitative estimate of drug-likeness (QED) is 0.878. The number of carbonyl (C=O) groups excluding carboxylic acids is 1. The van der Waals surface area contributed by atoms with Gasteiger partial charge in [-0.25, -0.2) is 0 Å². The van der Waals surface area contributed by atoms with Gasteiger partial charge in [-0.15, -0.1) is 12.4 Å². The molecule has 0 radical (unpaired) electrons. The number of amides is 1. The molecule has 0 aliphatic carbocycles. The van der Waals surface area contributed by atoms with Crippen LogP contribution < -0.4 is 5.73 Å². The van der Waals surface area contributed by atoms with Gasteiger partial charge in [-0.05, 0) is 57.0 Å². The number of likely N-dealkylation sites (tertiary alicyclic amines) is 1. The molecule has 2 aromatic rings. The fourth-order valence-electron chi connectivity index (χ4n) is 3.24. The fraction of sp³-hybridized carbons (Fsp3) is 0.389. The van der Waals surface area contributed by atoms with Crippen molar-refractivity contribution in [3.05, 3.63) is 52.3 Å². The highest BCUT2D eigenvalue weighted by molar-refractivity contribution is 6.30. The van der Waals surface area contributed by atoms with E-state index in [0.29, 0.717) is 5.02 Å². The van der Waals surface area contributed by atoms with Crippen LogP contribution in [0.25, 0.3) is 5.69 Å². The van der Waals surface area contributed by atoms with Crippen molar-refractivity contribution in [2.45, 2.75) is 32.7 Å². The lowest BCUT2D eigenvalue weighted by Crippen LogP contribution is -2.42. The molecule has 1 aromatic carbocycles. The monoisotopic (exact) mass is 367 g/mol. The number of hydrogen-bond acceptors (Lipinski definition) is 2. The average Bonchev–Trinajstić information content (AvgIpc) is 2.83. The molecule has 0 bridgehead atoms. The van der Waals surface area contributed by atoms with Crippen molar-refractivity contribution < 1.29 is 4.79 Å². The molecule has 0 unspecified atom stereocenters. The van der Waals surface area contributed by atoms with Crippen molar-refractivity contribution in [1.82, 2.24) is 9.47 Å². The first-order chi connectivity index (χ1) is 11.0. The Morgan fingerprint density at radius 3 is 2.33 bits per heavy atom. The van der Waals surface area contributed by atoms with Gasteiger partial charge in [-0.2, -0.15) is 0 Å². The number of carbonyl (C=O) groups is 1. The molecule has 6 heteroatoms. The number of rotatable bonds is 2. The Kier molecular flexibility index (Phi) is 5.97. The van der Waals surface area contributed by atoms with Crippen LogP contribution in [0.5, 0.6) is 0 Å². The molecule has 1 saturated heterocycles.